The summed E-state index contributed by atoms with van der Waals surface area (Å²) in [6.45, 7) is 3.63. The molecule has 1 aromatic heterocycles. The van der Waals surface area contributed by atoms with Gasteiger partial charge in [-0.2, -0.15) is 0 Å². The van der Waals surface area contributed by atoms with E-state index in [2.05, 4.69) is 15.4 Å². The molecule has 1 aliphatic heterocycles. The molecule has 0 aliphatic carbocycles. The van der Waals surface area contributed by atoms with Gasteiger partial charge in [0.05, 0.1) is 10.6 Å². The van der Waals surface area contributed by atoms with Crippen LogP contribution in [-0.2, 0) is 0 Å². The minimum Gasteiger partial charge on any atom is -0.371 e. The number of nitrogens with zero attached hydrogens (tertiary/aromatic N) is 2. The van der Waals surface area contributed by atoms with Crippen molar-refractivity contribution in [2.24, 2.45) is 5.92 Å². The Bertz CT molecular complexity index is 1050. The van der Waals surface area contributed by atoms with E-state index in [-0.39, 0.29) is 39.5 Å². The first-order valence-electron chi connectivity index (χ1n) is 9.63. The molecule has 2 heterocycles. The first kappa shape index (κ1) is 20.3. The van der Waals surface area contributed by atoms with Crippen molar-refractivity contribution in [3.8, 4) is 11.3 Å². The number of rotatable bonds is 5. The van der Waals surface area contributed by atoms with Gasteiger partial charge >= 0.3 is 0 Å². The van der Waals surface area contributed by atoms with Gasteiger partial charge < -0.3 is 14.7 Å². The van der Waals surface area contributed by atoms with Crippen LogP contribution in [0.25, 0.3) is 11.3 Å². The zero-order valence-corrected chi connectivity index (χ0v) is 17.0. The molecule has 1 amide bonds. The zero-order valence-electron chi connectivity index (χ0n) is 16.3. The van der Waals surface area contributed by atoms with Gasteiger partial charge in [0.25, 0.3) is 5.91 Å². The van der Waals surface area contributed by atoms with Crippen LogP contribution in [0, 0.1) is 24.5 Å². The second kappa shape index (κ2) is 8.44. The molecule has 5 nitrogen and oxygen atoms in total. The van der Waals surface area contributed by atoms with Crippen molar-refractivity contribution < 1.29 is 18.1 Å². The standard InChI is InChI=1S/C22H20ClF2N3O2/c1-13-19(21(27-30-13)20-17(23)3-2-4-18(20)25)22(29)26-11-14-9-10-28(12-14)16-7-5-15(24)6-8-16/h2-8,14H,9-12H2,1H3,(H,26,29). The molecule has 8 heteroatoms. The highest BCUT2D eigenvalue weighted by Gasteiger charge is 2.27. The van der Waals surface area contributed by atoms with Gasteiger partial charge in [-0.05, 0) is 55.7 Å². The topological polar surface area (TPSA) is 58.4 Å². The lowest BCUT2D eigenvalue weighted by Gasteiger charge is -2.19. The van der Waals surface area contributed by atoms with Gasteiger partial charge in [-0.3, -0.25) is 4.79 Å². The van der Waals surface area contributed by atoms with E-state index in [0.29, 0.717) is 12.3 Å². The zero-order chi connectivity index (χ0) is 21.3. The number of amides is 1. The molecule has 1 atom stereocenters. The molecule has 1 fully saturated rings. The van der Waals surface area contributed by atoms with Crippen LogP contribution < -0.4 is 10.2 Å². The number of aryl methyl sites for hydroxylation is 1. The number of nitrogens with one attached hydrogen (secondary N) is 1. The van der Waals surface area contributed by atoms with Crippen molar-refractivity contribution >= 4 is 23.2 Å². The molecule has 1 aliphatic rings. The van der Waals surface area contributed by atoms with E-state index in [1.54, 1.807) is 19.1 Å². The van der Waals surface area contributed by atoms with Gasteiger partial charge in [0.2, 0.25) is 0 Å². The fourth-order valence-corrected chi connectivity index (χ4v) is 4.00. The monoisotopic (exact) mass is 431 g/mol. The molecule has 0 radical (unpaired) electrons. The molecule has 1 unspecified atom stereocenters. The van der Waals surface area contributed by atoms with Gasteiger partial charge in [-0.15, -0.1) is 0 Å². The van der Waals surface area contributed by atoms with Gasteiger partial charge in [-0.1, -0.05) is 22.8 Å². The Morgan fingerprint density at radius 1 is 1.27 bits per heavy atom. The Kier molecular flexibility index (Phi) is 5.72. The number of carbonyl (C=O) groups is 1. The maximum Gasteiger partial charge on any atom is 0.257 e. The minimum absolute atomic E-state index is 0.0459. The first-order valence-corrected chi connectivity index (χ1v) is 10.0. The summed E-state index contributed by atoms with van der Waals surface area (Å²) in [5.74, 6) is -0.698. The van der Waals surface area contributed by atoms with Gasteiger partial charge in [0.15, 0.2) is 0 Å². The van der Waals surface area contributed by atoms with Crippen LogP contribution in [0.15, 0.2) is 47.0 Å². The second-order valence-electron chi connectivity index (χ2n) is 7.35. The fourth-order valence-electron chi connectivity index (χ4n) is 3.75. The second-order valence-corrected chi connectivity index (χ2v) is 7.75. The Balaban J connectivity index is 1.44. The molecule has 1 N–H and O–H groups in total. The molecule has 2 aromatic carbocycles. The fraction of sp³-hybridized carbons (Fsp3) is 0.273. The Morgan fingerprint density at radius 2 is 2.03 bits per heavy atom. The van der Waals surface area contributed by atoms with Crippen molar-refractivity contribution in [3.63, 3.8) is 0 Å². The molecular formula is C22H20ClF2N3O2. The summed E-state index contributed by atoms with van der Waals surface area (Å²) in [7, 11) is 0. The highest BCUT2D eigenvalue weighted by Crippen LogP contribution is 2.33. The van der Waals surface area contributed by atoms with Crippen molar-refractivity contribution in [2.75, 3.05) is 24.5 Å². The predicted molar refractivity (Wildman–Crippen MR) is 111 cm³/mol. The number of aromatic nitrogens is 1. The molecular weight excluding hydrogens is 412 g/mol. The predicted octanol–water partition coefficient (Wildman–Crippen LogP) is 4.84. The summed E-state index contributed by atoms with van der Waals surface area (Å²) in [5.41, 5.74) is 1.27. The number of benzene rings is 2. The van der Waals surface area contributed by atoms with Gasteiger partial charge in [0, 0.05) is 25.3 Å². The first-order chi connectivity index (χ1) is 14.4. The highest BCUT2D eigenvalue weighted by molar-refractivity contribution is 6.33. The maximum atomic E-state index is 14.3. The Hall–Kier alpha value is -2.93. The quantitative estimate of drug-likeness (QED) is 0.628. The van der Waals surface area contributed by atoms with Crippen molar-refractivity contribution in [1.82, 2.24) is 10.5 Å². The number of hydrogen-bond donors (Lipinski definition) is 1. The summed E-state index contributed by atoms with van der Waals surface area (Å²) in [4.78, 5) is 15.0. The van der Waals surface area contributed by atoms with Crippen molar-refractivity contribution in [1.29, 1.82) is 0 Å². The summed E-state index contributed by atoms with van der Waals surface area (Å²) < 4.78 is 32.6. The summed E-state index contributed by atoms with van der Waals surface area (Å²) in [6.07, 6.45) is 0.895. The third kappa shape index (κ3) is 4.03. The molecule has 0 bridgehead atoms. The molecule has 30 heavy (non-hydrogen) atoms. The Morgan fingerprint density at radius 3 is 2.77 bits per heavy atom. The highest BCUT2D eigenvalue weighted by atomic mass is 35.5. The SMILES string of the molecule is Cc1onc(-c2c(F)cccc2Cl)c1C(=O)NCC1CCN(c2ccc(F)cc2)C1. The van der Waals surface area contributed by atoms with E-state index in [1.165, 1.54) is 30.3 Å². The average Bonchev–Trinajstić information content (AvgIpc) is 3.34. The third-order valence-corrected chi connectivity index (χ3v) is 5.63. The lowest BCUT2D eigenvalue weighted by atomic mass is 10.0. The summed E-state index contributed by atoms with van der Waals surface area (Å²) >= 11 is 6.13. The van der Waals surface area contributed by atoms with Crippen LogP contribution in [0.5, 0.6) is 0 Å². The van der Waals surface area contributed by atoms with Crippen LogP contribution in [0.2, 0.25) is 5.02 Å². The molecule has 3 aromatic rings. The van der Waals surface area contributed by atoms with Gasteiger partial charge in [-0.25, -0.2) is 8.78 Å². The number of anilines is 1. The Labute approximate surface area is 177 Å². The van der Waals surface area contributed by atoms with E-state index in [4.69, 9.17) is 16.1 Å². The van der Waals surface area contributed by atoms with Crippen molar-refractivity contribution in [3.05, 3.63) is 70.4 Å². The van der Waals surface area contributed by atoms with Crippen LogP contribution in [-0.4, -0.2) is 30.7 Å². The lowest BCUT2D eigenvalue weighted by molar-refractivity contribution is 0.0947. The van der Waals surface area contributed by atoms with E-state index in [9.17, 15) is 13.6 Å². The van der Waals surface area contributed by atoms with Crippen LogP contribution in [0.4, 0.5) is 14.5 Å². The van der Waals surface area contributed by atoms with Crippen LogP contribution >= 0.6 is 11.6 Å². The molecule has 4 rings (SSSR count). The number of halogens is 3. The molecule has 156 valence electrons. The van der Waals surface area contributed by atoms with Gasteiger partial charge in [0.1, 0.15) is 28.7 Å². The third-order valence-electron chi connectivity index (χ3n) is 5.32. The number of carbonyl (C=O) groups excluding carboxylic acids is 1. The van der Waals surface area contributed by atoms with Crippen LogP contribution in [0.1, 0.15) is 22.5 Å². The average molecular weight is 432 g/mol. The summed E-state index contributed by atoms with van der Waals surface area (Å²) in [5, 5.41) is 6.93. The smallest absolute Gasteiger partial charge is 0.257 e. The number of hydrogen-bond acceptors (Lipinski definition) is 4. The summed E-state index contributed by atoms with van der Waals surface area (Å²) in [6, 6.07) is 10.7. The molecule has 0 spiro atoms. The van der Waals surface area contributed by atoms with E-state index < -0.39 is 5.82 Å². The van der Waals surface area contributed by atoms with E-state index in [1.807, 2.05) is 0 Å². The molecule has 1 saturated heterocycles. The normalized spacial score (nSPS) is 16.1. The van der Waals surface area contributed by atoms with E-state index >= 15 is 0 Å². The van der Waals surface area contributed by atoms with Crippen molar-refractivity contribution in [2.45, 2.75) is 13.3 Å². The molecule has 0 saturated carbocycles. The largest absolute Gasteiger partial charge is 0.371 e. The maximum absolute atomic E-state index is 14.3. The van der Waals surface area contributed by atoms with E-state index in [0.717, 1.165) is 25.2 Å². The minimum atomic E-state index is -0.574. The lowest BCUT2D eigenvalue weighted by Crippen LogP contribution is -2.31. The van der Waals surface area contributed by atoms with Crippen LogP contribution in [0.3, 0.4) is 0 Å².